The van der Waals surface area contributed by atoms with Crippen molar-refractivity contribution in [2.75, 3.05) is 30.9 Å². The number of nitrogens with one attached hydrogen (secondary N) is 1. The number of aromatic nitrogens is 2. The van der Waals surface area contributed by atoms with Crippen LogP contribution in [0.5, 0.6) is 0 Å². The van der Waals surface area contributed by atoms with Crippen LogP contribution in [0.25, 0.3) is 0 Å². The molecule has 0 aromatic carbocycles. The van der Waals surface area contributed by atoms with E-state index in [1.54, 1.807) is 7.11 Å². The van der Waals surface area contributed by atoms with Crippen LogP contribution in [-0.2, 0) is 11.3 Å². The zero-order valence-corrected chi connectivity index (χ0v) is 13.4. The molecular formula is C15H28N4O. The highest BCUT2D eigenvalue weighted by atomic mass is 16.5. The third kappa shape index (κ3) is 4.63. The number of hydrogen-bond acceptors (Lipinski definition) is 5. The normalized spacial score (nSPS) is 12.2. The molecule has 1 atom stereocenters. The lowest BCUT2D eigenvalue weighted by Crippen LogP contribution is -2.34. The monoisotopic (exact) mass is 280 g/mol. The molecule has 1 rings (SSSR count). The molecule has 0 spiro atoms. The minimum absolute atomic E-state index is 0.435. The zero-order valence-electron chi connectivity index (χ0n) is 13.4. The van der Waals surface area contributed by atoms with Crippen molar-refractivity contribution in [3.63, 3.8) is 0 Å². The quantitative estimate of drug-likeness (QED) is 0.753. The molecule has 0 fully saturated rings. The number of methoxy groups -OCH3 is 1. The highest BCUT2D eigenvalue weighted by molar-refractivity contribution is 5.49. The lowest BCUT2D eigenvalue weighted by atomic mass is 10.2. The summed E-state index contributed by atoms with van der Waals surface area (Å²) in [4.78, 5) is 11.4. The van der Waals surface area contributed by atoms with Gasteiger partial charge in [0.05, 0.1) is 0 Å². The molecule has 0 aliphatic rings. The Balaban J connectivity index is 3.06. The molecule has 5 nitrogen and oxygen atoms in total. The molecule has 1 aromatic rings. The maximum Gasteiger partial charge on any atom is 0.158 e. The Bertz CT molecular complexity index is 397. The summed E-state index contributed by atoms with van der Waals surface area (Å²) in [6, 6.07) is 2.48. The van der Waals surface area contributed by atoms with Crippen LogP contribution in [-0.4, -0.2) is 36.7 Å². The van der Waals surface area contributed by atoms with Gasteiger partial charge in [0.2, 0.25) is 0 Å². The van der Waals surface area contributed by atoms with Crippen molar-refractivity contribution in [2.24, 2.45) is 0 Å². The molecule has 1 unspecified atom stereocenters. The van der Waals surface area contributed by atoms with E-state index in [2.05, 4.69) is 41.0 Å². The average Bonchev–Trinajstić information content (AvgIpc) is 2.47. The third-order valence-electron chi connectivity index (χ3n) is 3.46. The van der Waals surface area contributed by atoms with Crippen LogP contribution in [0.4, 0.5) is 11.6 Å². The summed E-state index contributed by atoms with van der Waals surface area (Å²) in [7, 11) is 3.54. The van der Waals surface area contributed by atoms with Gasteiger partial charge >= 0.3 is 0 Å². The molecule has 1 N–H and O–H groups in total. The number of unbranched alkanes of at least 4 members (excludes halogenated alkanes) is 1. The van der Waals surface area contributed by atoms with Gasteiger partial charge in [0, 0.05) is 32.8 Å². The fourth-order valence-corrected chi connectivity index (χ4v) is 2.06. The molecule has 0 bridgehead atoms. The first-order chi connectivity index (χ1) is 9.65. The van der Waals surface area contributed by atoms with Crippen molar-refractivity contribution >= 4 is 11.6 Å². The highest BCUT2D eigenvalue weighted by Gasteiger charge is 2.16. The number of ether oxygens (including phenoxy) is 1. The standard InChI is InChI=1S/C15H28N4O/c1-6-8-9-19(12(3)7-2)15-10-13(16-4)17-14(18-15)11-20-5/h10,12H,6-9,11H2,1-5H3,(H,16,17,18). The molecule has 0 amide bonds. The lowest BCUT2D eigenvalue weighted by molar-refractivity contribution is 0.178. The van der Waals surface area contributed by atoms with Gasteiger partial charge in [0.1, 0.15) is 18.2 Å². The summed E-state index contributed by atoms with van der Waals surface area (Å²) in [6.07, 6.45) is 3.45. The van der Waals surface area contributed by atoms with Crippen molar-refractivity contribution in [3.05, 3.63) is 11.9 Å². The topological polar surface area (TPSA) is 50.3 Å². The summed E-state index contributed by atoms with van der Waals surface area (Å²) >= 11 is 0. The van der Waals surface area contributed by atoms with Gasteiger partial charge in [0.15, 0.2) is 5.82 Å². The summed E-state index contributed by atoms with van der Waals surface area (Å²) in [5.41, 5.74) is 0. The molecule has 1 heterocycles. The Labute approximate surface area is 122 Å². The Kier molecular flexibility index (Phi) is 7.30. The summed E-state index contributed by atoms with van der Waals surface area (Å²) in [5.74, 6) is 2.55. The second-order valence-corrected chi connectivity index (χ2v) is 5.01. The fourth-order valence-electron chi connectivity index (χ4n) is 2.06. The largest absolute Gasteiger partial charge is 0.377 e. The van der Waals surface area contributed by atoms with Gasteiger partial charge in [-0.25, -0.2) is 9.97 Å². The zero-order chi connectivity index (χ0) is 15.0. The minimum atomic E-state index is 0.435. The van der Waals surface area contributed by atoms with E-state index < -0.39 is 0 Å². The molecular weight excluding hydrogens is 252 g/mol. The summed E-state index contributed by atoms with van der Waals surface area (Å²) in [5, 5.41) is 3.10. The van der Waals surface area contributed by atoms with Crippen molar-refractivity contribution in [1.29, 1.82) is 0 Å². The number of hydrogen-bond donors (Lipinski definition) is 1. The first kappa shape index (κ1) is 16.7. The highest BCUT2D eigenvalue weighted by Crippen LogP contribution is 2.20. The molecule has 0 saturated carbocycles. The third-order valence-corrected chi connectivity index (χ3v) is 3.46. The van der Waals surface area contributed by atoms with E-state index in [0.717, 1.165) is 30.4 Å². The van der Waals surface area contributed by atoms with E-state index in [-0.39, 0.29) is 0 Å². The molecule has 0 aliphatic carbocycles. The van der Waals surface area contributed by atoms with Crippen molar-refractivity contribution < 1.29 is 4.74 Å². The molecule has 0 radical (unpaired) electrons. The smallest absolute Gasteiger partial charge is 0.158 e. The van der Waals surface area contributed by atoms with E-state index >= 15 is 0 Å². The second kappa shape index (κ2) is 8.74. The van der Waals surface area contributed by atoms with E-state index in [4.69, 9.17) is 4.74 Å². The van der Waals surface area contributed by atoms with Crippen LogP contribution >= 0.6 is 0 Å². The van der Waals surface area contributed by atoms with E-state index in [0.29, 0.717) is 12.6 Å². The molecule has 5 heteroatoms. The van der Waals surface area contributed by atoms with E-state index in [9.17, 15) is 0 Å². The number of rotatable bonds is 9. The van der Waals surface area contributed by atoms with Gasteiger partial charge in [-0.1, -0.05) is 20.3 Å². The first-order valence-electron chi connectivity index (χ1n) is 7.47. The molecule has 0 aliphatic heterocycles. The predicted molar refractivity (Wildman–Crippen MR) is 84.3 cm³/mol. The van der Waals surface area contributed by atoms with Gasteiger partial charge in [-0.15, -0.1) is 0 Å². The molecule has 114 valence electrons. The van der Waals surface area contributed by atoms with Crippen molar-refractivity contribution in [2.45, 2.75) is 52.7 Å². The second-order valence-electron chi connectivity index (χ2n) is 5.01. The van der Waals surface area contributed by atoms with Crippen molar-refractivity contribution in [3.8, 4) is 0 Å². The maximum absolute atomic E-state index is 5.16. The molecule has 1 aromatic heterocycles. The van der Waals surface area contributed by atoms with Crippen LogP contribution < -0.4 is 10.2 Å². The molecule has 0 saturated heterocycles. The van der Waals surface area contributed by atoms with Crippen LogP contribution in [0.3, 0.4) is 0 Å². The maximum atomic E-state index is 5.16. The van der Waals surface area contributed by atoms with Gasteiger partial charge in [0.25, 0.3) is 0 Å². The Morgan fingerprint density at radius 1 is 1.35 bits per heavy atom. The van der Waals surface area contributed by atoms with Gasteiger partial charge in [-0.05, 0) is 19.8 Å². The van der Waals surface area contributed by atoms with Crippen molar-refractivity contribution in [1.82, 2.24) is 9.97 Å². The summed E-state index contributed by atoms with van der Waals surface area (Å²) < 4.78 is 5.16. The van der Waals surface area contributed by atoms with Crippen LogP contribution in [0.15, 0.2) is 6.07 Å². The van der Waals surface area contributed by atoms with Gasteiger partial charge in [-0.3, -0.25) is 0 Å². The fraction of sp³-hybridized carbons (Fsp3) is 0.733. The Hall–Kier alpha value is -1.36. The van der Waals surface area contributed by atoms with Crippen LogP contribution in [0, 0.1) is 0 Å². The average molecular weight is 280 g/mol. The van der Waals surface area contributed by atoms with E-state index in [1.807, 2.05) is 13.1 Å². The van der Waals surface area contributed by atoms with Gasteiger partial charge in [-0.2, -0.15) is 0 Å². The lowest BCUT2D eigenvalue weighted by Gasteiger charge is -2.30. The van der Waals surface area contributed by atoms with Crippen LogP contribution in [0.1, 0.15) is 45.9 Å². The van der Waals surface area contributed by atoms with Crippen LogP contribution in [0.2, 0.25) is 0 Å². The van der Waals surface area contributed by atoms with Gasteiger partial charge < -0.3 is 15.0 Å². The molecule has 20 heavy (non-hydrogen) atoms. The number of nitrogens with zero attached hydrogens (tertiary/aromatic N) is 3. The SMILES string of the molecule is CCCCN(c1cc(NC)nc(COC)n1)C(C)CC. The van der Waals surface area contributed by atoms with E-state index in [1.165, 1.54) is 12.8 Å². The number of anilines is 2. The first-order valence-corrected chi connectivity index (χ1v) is 7.47. The minimum Gasteiger partial charge on any atom is -0.377 e. The Morgan fingerprint density at radius 2 is 2.10 bits per heavy atom. The predicted octanol–water partition coefficient (Wildman–Crippen LogP) is 3.07. The Morgan fingerprint density at radius 3 is 2.65 bits per heavy atom. The summed E-state index contributed by atoms with van der Waals surface area (Å²) in [6.45, 7) is 8.12.